The number of thiol groups is 1. The second-order valence-corrected chi connectivity index (χ2v) is 1.85. The minimum absolute atomic E-state index is 0. The molecule has 0 fully saturated rings. The Kier molecular flexibility index (Phi) is 4.46. The summed E-state index contributed by atoms with van der Waals surface area (Å²) in [5.74, 6) is 0. The Labute approximate surface area is 71.7 Å². The number of benzene rings is 1. The molecule has 0 aliphatic heterocycles. The number of rotatable bonds is 0. The summed E-state index contributed by atoms with van der Waals surface area (Å²) < 4.78 is 0. The Morgan fingerprint density at radius 1 is 1.00 bits per heavy atom. The third-order valence-corrected chi connectivity index (χ3v) is 1.05. The topological polar surface area (TPSA) is 0 Å². The Hall–Kier alpha value is 0.369. The van der Waals surface area contributed by atoms with E-state index in [0.717, 1.165) is 4.90 Å². The molecule has 0 unspecified atom stereocenters. The van der Waals surface area contributed by atoms with E-state index in [9.17, 15) is 0 Å². The van der Waals surface area contributed by atoms with Gasteiger partial charge in [0.05, 0.1) is 0 Å². The predicted molar refractivity (Wildman–Crippen MR) is 39.4 cm³/mol. The van der Waals surface area contributed by atoms with Crippen molar-refractivity contribution in [1.29, 1.82) is 0 Å². The molecule has 0 heterocycles. The van der Waals surface area contributed by atoms with E-state index in [2.05, 4.69) is 12.6 Å². The second kappa shape index (κ2) is 4.27. The molecule has 0 aliphatic carbocycles. The smallest absolute Gasteiger partial charge is 0.143 e. The van der Waals surface area contributed by atoms with Crippen molar-refractivity contribution in [2.24, 2.45) is 0 Å². The molecule has 38 valence electrons. The average molecular weight is 229 g/mol. The molecule has 0 atom stereocenters. The molecule has 0 N–H and O–H groups in total. The molecule has 0 aliphatic rings. The molecule has 2 heteroatoms. The first-order valence-corrected chi connectivity index (χ1v) is 2.58. The van der Waals surface area contributed by atoms with Crippen molar-refractivity contribution >= 4 is 36.5 Å². The van der Waals surface area contributed by atoms with Gasteiger partial charge in [-0.3, -0.25) is 0 Å². The van der Waals surface area contributed by atoms with Crippen molar-refractivity contribution in [3.05, 3.63) is 30.3 Å². The summed E-state index contributed by atoms with van der Waals surface area (Å²) in [6.07, 6.45) is 0. The van der Waals surface area contributed by atoms with E-state index < -0.39 is 0 Å². The molecule has 0 bridgehead atoms. The van der Waals surface area contributed by atoms with E-state index in [1.807, 2.05) is 30.3 Å². The second-order valence-electron chi connectivity index (χ2n) is 1.34. The Balaban J connectivity index is 0.000000490. The summed E-state index contributed by atoms with van der Waals surface area (Å²) in [5.41, 5.74) is 0. The van der Waals surface area contributed by atoms with Gasteiger partial charge in [-0.1, -0.05) is 18.2 Å². The fraction of sp³-hybridized carbons (Fsp3) is 0. The van der Waals surface area contributed by atoms with Crippen LogP contribution in [0.4, 0.5) is 0 Å². The van der Waals surface area contributed by atoms with Crippen LogP contribution in [0.1, 0.15) is 0 Å². The molecule has 8 heavy (non-hydrogen) atoms. The van der Waals surface area contributed by atoms with Crippen LogP contribution in [0.5, 0.6) is 0 Å². The summed E-state index contributed by atoms with van der Waals surface area (Å²) in [5, 5.41) is 0. The van der Waals surface area contributed by atoms with Crippen LogP contribution in [-0.2, 0) is 0 Å². The maximum atomic E-state index is 4.08. The minimum Gasteiger partial charge on any atom is -0.143 e. The molecule has 0 saturated heterocycles. The first-order chi connectivity index (χ1) is 3.39. The molecule has 1 rings (SSSR count). The molecule has 1 aromatic carbocycles. The monoisotopic (exact) mass is 230 g/mol. The van der Waals surface area contributed by atoms with Crippen molar-refractivity contribution in [2.45, 2.75) is 4.90 Å². The molecule has 0 amide bonds. The van der Waals surface area contributed by atoms with Crippen LogP contribution < -0.4 is 0 Å². The van der Waals surface area contributed by atoms with E-state index in [0.29, 0.717) is 0 Å². The van der Waals surface area contributed by atoms with Crippen LogP contribution >= 0.6 is 12.6 Å². The van der Waals surface area contributed by atoms with Crippen molar-refractivity contribution in [1.82, 2.24) is 0 Å². The van der Waals surface area contributed by atoms with Gasteiger partial charge >= 0.3 is 23.9 Å². The first-order valence-electron chi connectivity index (χ1n) is 2.13. The van der Waals surface area contributed by atoms with E-state index in [4.69, 9.17) is 0 Å². The predicted octanol–water partition coefficient (Wildman–Crippen LogP) is 1.59. The molecule has 0 saturated carbocycles. The molecule has 0 aromatic heterocycles. The average Bonchev–Trinajstić information content (AvgIpc) is 1.69. The summed E-state index contributed by atoms with van der Waals surface area (Å²) in [7, 11) is 0. The zero-order chi connectivity index (χ0) is 5.11. The van der Waals surface area contributed by atoms with Crippen LogP contribution in [0.2, 0.25) is 0 Å². The fourth-order valence-corrected chi connectivity index (χ4v) is 0.600. The van der Waals surface area contributed by atoms with Gasteiger partial charge in [-0.05, 0) is 12.1 Å². The third kappa shape index (κ3) is 2.62. The summed E-state index contributed by atoms with van der Waals surface area (Å²) in [6, 6.07) is 9.79. The zero-order valence-electron chi connectivity index (χ0n) is 4.33. The Morgan fingerprint density at radius 2 is 1.50 bits per heavy atom. The SMILES string of the molecule is Sc1ccccc1.[Sn+2]. The normalized spacial score (nSPS) is 7.62. The van der Waals surface area contributed by atoms with Gasteiger partial charge in [-0.2, -0.15) is 0 Å². The van der Waals surface area contributed by atoms with Gasteiger partial charge in [0.25, 0.3) is 0 Å². The van der Waals surface area contributed by atoms with Gasteiger partial charge in [0, 0.05) is 4.90 Å². The largest absolute Gasteiger partial charge is 2.00 e. The van der Waals surface area contributed by atoms with Crippen LogP contribution in [0.3, 0.4) is 0 Å². The number of hydrogen-bond acceptors (Lipinski definition) is 1. The van der Waals surface area contributed by atoms with Crippen LogP contribution in [-0.4, -0.2) is 23.9 Å². The van der Waals surface area contributed by atoms with Crippen molar-refractivity contribution in [2.75, 3.05) is 0 Å². The first kappa shape index (κ1) is 8.37. The Bertz CT molecular complexity index is 138. The van der Waals surface area contributed by atoms with E-state index in [1.165, 1.54) is 0 Å². The van der Waals surface area contributed by atoms with Gasteiger partial charge in [-0.25, -0.2) is 0 Å². The maximum absolute atomic E-state index is 4.08. The summed E-state index contributed by atoms with van der Waals surface area (Å²) >= 11 is 4.08. The number of hydrogen-bond donors (Lipinski definition) is 1. The minimum atomic E-state index is 0. The molecule has 2 radical (unpaired) electrons. The Morgan fingerprint density at radius 3 is 1.75 bits per heavy atom. The van der Waals surface area contributed by atoms with E-state index in [-0.39, 0.29) is 23.9 Å². The van der Waals surface area contributed by atoms with Gasteiger partial charge in [0.15, 0.2) is 0 Å². The van der Waals surface area contributed by atoms with Gasteiger partial charge in [0.2, 0.25) is 0 Å². The zero-order valence-corrected chi connectivity index (χ0v) is 8.08. The third-order valence-electron chi connectivity index (χ3n) is 0.756. The van der Waals surface area contributed by atoms with Crippen molar-refractivity contribution in [3.8, 4) is 0 Å². The summed E-state index contributed by atoms with van der Waals surface area (Å²) in [6.45, 7) is 0. The molecule has 1 aromatic rings. The van der Waals surface area contributed by atoms with E-state index in [1.54, 1.807) is 0 Å². The molecular weight excluding hydrogens is 223 g/mol. The van der Waals surface area contributed by atoms with E-state index >= 15 is 0 Å². The van der Waals surface area contributed by atoms with Crippen LogP contribution in [0.15, 0.2) is 35.2 Å². The van der Waals surface area contributed by atoms with Gasteiger partial charge in [0.1, 0.15) is 0 Å². The molecular formula is C6H6SSn+2. The van der Waals surface area contributed by atoms with Crippen molar-refractivity contribution < 1.29 is 0 Å². The van der Waals surface area contributed by atoms with Gasteiger partial charge in [-0.15, -0.1) is 12.6 Å². The maximum Gasteiger partial charge on any atom is 2.00 e. The van der Waals surface area contributed by atoms with Crippen LogP contribution in [0.25, 0.3) is 0 Å². The quantitative estimate of drug-likeness (QED) is 0.506. The van der Waals surface area contributed by atoms with Gasteiger partial charge < -0.3 is 0 Å². The summed E-state index contributed by atoms with van der Waals surface area (Å²) in [4.78, 5) is 1.02. The fourth-order valence-electron chi connectivity index (χ4n) is 0.428. The van der Waals surface area contributed by atoms with Crippen LogP contribution in [0, 0.1) is 0 Å². The standard InChI is InChI=1S/C6H6S.Sn/c7-6-4-2-1-3-5-6;/h1-5,7H;/q;+2. The molecule has 0 nitrogen and oxygen atoms in total. The van der Waals surface area contributed by atoms with Crippen molar-refractivity contribution in [3.63, 3.8) is 0 Å². The molecule has 0 spiro atoms.